The average Bonchev–Trinajstić information content (AvgIpc) is 2.82. The van der Waals surface area contributed by atoms with Crippen LogP contribution in [0.3, 0.4) is 0 Å². The van der Waals surface area contributed by atoms with Gasteiger partial charge in [-0.2, -0.15) is 0 Å². The highest BCUT2D eigenvalue weighted by atomic mass is 16.6. The van der Waals surface area contributed by atoms with Crippen molar-refractivity contribution in [3.8, 4) is 0 Å². The molecule has 1 aromatic heterocycles. The highest BCUT2D eigenvalue weighted by Gasteiger charge is 2.23. The van der Waals surface area contributed by atoms with Crippen molar-refractivity contribution >= 4 is 17.6 Å². The summed E-state index contributed by atoms with van der Waals surface area (Å²) in [5, 5.41) is 22.1. The summed E-state index contributed by atoms with van der Waals surface area (Å²) in [6, 6.07) is 0.149. The van der Waals surface area contributed by atoms with Gasteiger partial charge in [0.05, 0.1) is 11.1 Å². The number of carbonyl (C=O) groups excluding carboxylic acids is 1. The van der Waals surface area contributed by atoms with E-state index in [1.165, 1.54) is 10.8 Å². The van der Waals surface area contributed by atoms with Crippen molar-refractivity contribution in [3.63, 3.8) is 0 Å². The summed E-state index contributed by atoms with van der Waals surface area (Å²) in [6.45, 7) is 3.92. The molecule has 0 aliphatic rings. The summed E-state index contributed by atoms with van der Waals surface area (Å²) in [4.78, 5) is 33.1. The van der Waals surface area contributed by atoms with Crippen molar-refractivity contribution in [3.05, 3.63) is 28.1 Å². The van der Waals surface area contributed by atoms with Crippen molar-refractivity contribution in [1.82, 2.24) is 9.88 Å². The number of carboxylic acids is 1. The predicted molar refractivity (Wildman–Crippen MR) is 70.6 cm³/mol. The van der Waals surface area contributed by atoms with Crippen LogP contribution in [0, 0.1) is 10.1 Å². The van der Waals surface area contributed by atoms with E-state index in [0.717, 1.165) is 6.07 Å². The molecule has 0 unspecified atom stereocenters. The minimum absolute atomic E-state index is 0.0848. The first-order valence-electron chi connectivity index (χ1n) is 6.28. The van der Waals surface area contributed by atoms with Crippen LogP contribution in [0.5, 0.6) is 0 Å². The maximum absolute atomic E-state index is 12.0. The van der Waals surface area contributed by atoms with E-state index in [2.05, 4.69) is 5.32 Å². The zero-order valence-electron chi connectivity index (χ0n) is 11.3. The number of hydrogen-bond acceptors (Lipinski definition) is 4. The average molecular weight is 283 g/mol. The fourth-order valence-corrected chi connectivity index (χ4v) is 1.83. The lowest BCUT2D eigenvalue weighted by Gasteiger charge is -2.14. The molecule has 8 heteroatoms. The SMILES string of the molecule is CCC[C@@H](NC(=O)c1cc([N+](=O)[O-])cn1CC)C(=O)O. The van der Waals surface area contributed by atoms with Gasteiger partial charge in [0.1, 0.15) is 11.7 Å². The summed E-state index contributed by atoms with van der Waals surface area (Å²) in [5.41, 5.74) is -0.110. The van der Waals surface area contributed by atoms with Crippen molar-refractivity contribution in [2.75, 3.05) is 0 Å². The molecule has 20 heavy (non-hydrogen) atoms. The maximum Gasteiger partial charge on any atom is 0.326 e. The third kappa shape index (κ3) is 3.56. The Labute approximate surface area is 115 Å². The second kappa shape index (κ2) is 6.69. The molecule has 0 radical (unpaired) electrons. The van der Waals surface area contributed by atoms with Crippen molar-refractivity contribution < 1.29 is 19.6 Å². The van der Waals surface area contributed by atoms with Gasteiger partial charge in [0.25, 0.3) is 11.6 Å². The molecular formula is C12H17N3O5. The largest absolute Gasteiger partial charge is 0.480 e. The monoisotopic (exact) mass is 283 g/mol. The molecular weight excluding hydrogens is 266 g/mol. The minimum Gasteiger partial charge on any atom is -0.480 e. The van der Waals surface area contributed by atoms with Gasteiger partial charge in [-0.25, -0.2) is 4.79 Å². The van der Waals surface area contributed by atoms with Crippen molar-refractivity contribution in [1.29, 1.82) is 0 Å². The summed E-state index contributed by atoms with van der Waals surface area (Å²) in [6.07, 6.45) is 2.16. The van der Waals surface area contributed by atoms with E-state index in [-0.39, 0.29) is 11.4 Å². The van der Waals surface area contributed by atoms with Crippen LogP contribution in [-0.4, -0.2) is 32.5 Å². The Morgan fingerprint density at radius 3 is 2.60 bits per heavy atom. The van der Waals surface area contributed by atoms with Crippen LogP contribution in [0.15, 0.2) is 12.3 Å². The first-order valence-corrected chi connectivity index (χ1v) is 6.28. The van der Waals surface area contributed by atoms with Crippen LogP contribution in [0.4, 0.5) is 5.69 Å². The molecule has 0 aromatic carbocycles. The molecule has 0 bridgehead atoms. The molecule has 0 saturated carbocycles. The number of aromatic nitrogens is 1. The second-order valence-corrected chi connectivity index (χ2v) is 4.28. The van der Waals surface area contributed by atoms with E-state index in [1.54, 1.807) is 6.92 Å². The molecule has 1 aromatic rings. The molecule has 0 spiro atoms. The smallest absolute Gasteiger partial charge is 0.326 e. The zero-order chi connectivity index (χ0) is 15.3. The third-order valence-corrected chi connectivity index (χ3v) is 2.85. The number of nitrogens with zero attached hydrogens (tertiary/aromatic N) is 2. The van der Waals surface area contributed by atoms with Crippen LogP contribution in [-0.2, 0) is 11.3 Å². The maximum atomic E-state index is 12.0. The minimum atomic E-state index is -1.12. The number of nitro groups is 1. The second-order valence-electron chi connectivity index (χ2n) is 4.28. The van der Waals surface area contributed by atoms with Crippen molar-refractivity contribution in [2.45, 2.75) is 39.3 Å². The molecule has 1 heterocycles. The van der Waals surface area contributed by atoms with Crippen molar-refractivity contribution in [2.24, 2.45) is 0 Å². The summed E-state index contributed by atoms with van der Waals surface area (Å²) >= 11 is 0. The Kier molecular flexibility index (Phi) is 5.24. The number of hydrogen-bond donors (Lipinski definition) is 2. The molecule has 110 valence electrons. The first-order chi connectivity index (χ1) is 9.40. The molecule has 0 saturated heterocycles. The predicted octanol–water partition coefficient (Wildman–Crippen LogP) is 1.40. The van der Waals surface area contributed by atoms with E-state index >= 15 is 0 Å². The lowest BCUT2D eigenvalue weighted by Crippen LogP contribution is -2.41. The van der Waals surface area contributed by atoms with Gasteiger partial charge in [0.15, 0.2) is 0 Å². The van der Waals surface area contributed by atoms with Crippen LogP contribution >= 0.6 is 0 Å². The summed E-state index contributed by atoms with van der Waals surface area (Å²) in [5.74, 6) is -1.75. The lowest BCUT2D eigenvalue weighted by molar-refractivity contribution is -0.384. The number of nitrogens with one attached hydrogen (secondary N) is 1. The lowest BCUT2D eigenvalue weighted by atomic mass is 10.1. The number of rotatable bonds is 7. The van der Waals surface area contributed by atoms with Gasteiger partial charge < -0.3 is 15.0 Å². The topological polar surface area (TPSA) is 114 Å². The van der Waals surface area contributed by atoms with E-state index in [4.69, 9.17) is 5.11 Å². The van der Waals surface area contributed by atoms with Crippen LogP contribution in [0.1, 0.15) is 37.2 Å². The number of carboxylic acid groups (broad SMARTS) is 1. The Morgan fingerprint density at radius 2 is 2.15 bits per heavy atom. The zero-order valence-corrected chi connectivity index (χ0v) is 11.3. The highest BCUT2D eigenvalue weighted by molar-refractivity contribution is 5.96. The molecule has 8 nitrogen and oxygen atoms in total. The fraction of sp³-hybridized carbons (Fsp3) is 0.500. The van der Waals surface area contributed by atoms with Gasteiger partial charge in [0.2, 0.25) is 0 Å². The Balaban J connectivity index is 2.96. The quantitative estimate of drug-likeness (QED) is 0.579. The molecule has 1 rings (SSSR count). The highest BCUT2D eigenvalue weighted by Crippen LogP contribution is 2.16. The molecule has 2 N–H and O–H groups in total. The molecule has 0 aliphatic heterocycles. The standard InChI is InChI=1S/C12H17N3O5/c1-3-5-9(12(17)18)13-11(16)10-6-8(15(19)20)7-14(10)4-2/h6-7,9H,3-5H2,1-2H3,(H,13,16)(H,17,18)/t9-/m1/s1. The first kappa shape index (κ1) is 15.7. The van der Waals surface area contributed by atoms with Gasteiger partial charge in [-0.1, -0.05) is 13.3 Å². The normalized spacial score (nSPS) is 11.9. The van der Waals surface area contributed by atoms with Crippen LogP contribution < -0.4 is 5.32 Å². The van der Waals surface area contributed by atoms with E-state index in [0.29, 0.717) is 19.4 Å². The fourth-order valence-electron chi connectivity index (χ4n) is 1.83. The molecule has 0 aliphatic carbocycles. The Morgan fingerprint density at radius 1 is 1.50 bits per heavy atom. The van der Waals surface area contributed by atoms with E-state index in [9.17, 15) is 19.7 Å². The van der Waals surface area contributed by atoms with Gasteiger partial charge in [0, 0.05) is 12.6 Å². The molecule has 1 atom stereocenters. The Hall–Kier alpha value is -2.38. The van der Waals surface area contributed by atoms with Gasteiger partial charge in [-0.05, 0) is 13.3 Å². The summed E-state index contributed by atoms with van der Waals surface area (Å²) < 4.78 is 1.42. The van der Waals surface area contributed by atoms with E-state index in [1.807, 2.05) is 6.92 Å². The van der Waals surface area contributed by atoms with Gasteiger partial charge >= 0.3 is 5.97 Å². The van der Waals surface area contributed by atoms with Gasteiger partial charge in [-0.3, -0.25) is 14.9 Å². The van der Waals surface area contributed by atoms with E-state index < -0.39 is 22.8 Å². The number of aryl methyl sites for hydroxylation is 1. The number of amides is 1. The number of aliphatic carboxylic acids is 1. The molecule has 0 fully saturated rings. The Bertz CT molecular complexity index is 523. The number of carbonyl (C=O) groups is 2. The summed E-state index contributed by atoms with van der Waals surface area (Å²) in [7, 11) is 0. The van der Waals surface area contributed by atoms with Gasteiger partial charge in [-0.15, -0.1) is 0 Å². The molecule has 1 amide bonds. The van der Waals surface area contributed by atoms with Crippen LogP contribution in [0.2, 0.25) is 0 Å². The third-order valence-electron chi connectivity index (χ3n) is 2.85. The van der Waals surface area contributed by atoms with Crippen LogP contribution in [0.25, 0.3) is 0 Å².